The monoisotopic (exact) mass is 596 g/mol. The van der Waals surface area contributed by atoms with Gasteiger partial charge >= 0.3 is 12.2 Å². The number of ether oxygens (including phenoxy) is 1. The van der Waals surface area contributed by atoms with Crippen molar-refractivity contribution in [2.24, 2.45) is 0 Å². The van der Waals surface area contributed by atoms with Crippen LogP contribution in [0, 0.1) is 5.82 Å². The maximum absolute atomic E-state index is 16.2. The van der Waals surface area contributed by atoms with Gasteiger partial charge < -0.3 is 20.1 Å². The van der Waals surface area contributed by atoms with Gasteiger partial charge in [0.2, 0.25) is 0 Å². The molecule has 2 bridgehead atoms. The van der Waals surface area contributed by atoms with Gasteiger partial charge in [-0.05, 0) is 37.9 Å². The molecule has 0 radical (unpaired) electrons. The van der Waals surface area contributed by atoms with E-state index in [1.165, 1.54) is 6.20 Å². The van der Waals surface area contributed by atoms with Crippen molar-refractivity contribution in [2.45, 2.75) is 55.7 Å². The second-order valence-electron chi connectivity index (χ2n) is 11.4. The van der Waals surface area contributed by atoms with Crippen molar-refractivity contribution in [1.29, 1.82) is 0 Å². The van der Waals surface area contributed by atoms with Crippen molar-refractivity contribution in [1.82, 2.24) is 25.2 Å². The van der Waals surface area contributed by atoms with Gasteiger partial charge in [0.05, 0.1) is 21.5 Å². The van der Waals surface area contributed by atoms with Crippen LogP contribution in [-0.2, 0) is 6.18 Å². The molecule has 6 heterocycles. The van der Waals surface area contributed by atoms with E-state index in [0.717, 1.165) is 37.9 Å². The molecule has 0 unspecified atom stereocenters. The van der Waals surface area contributed by atoms with Gasteiger partial charge in [-0.3, -0.25) is 9.88 Å². The van der Waals surface area contributed by atoms with Gasteiger partial charge in [0.25, 0.3) is 0 Å². The summed E-state index contributed by atoms with van der Waals surface area (Å²) in [4.78, 5) is 17.1. The van der Waals surface area contributed by atoms with E-state index < -0.39 is 51.3 Å². The van der Waals surface area contributed by atoms with Crippen LogP contribution in [0.15, 0.2) is 18.3 Å². The third-order valence-corrected chi connectivity index (χ3v) is 9.11. The Balaban J connectivity index is 1.35. The minimum atomic E-state index is -4.95. The number of nitrogens with one attached hydrogen (secondary N) is 1. The number of alkyl halides is 4. The van der Waals surface area contributed by atoms with E-state index in [4.69, 9.17) is 16.3 Å². The smallest absolute Gasteiger partial charge is 0.418 e. The lowest BCUT2D eigenvalue weighted by atomic mass is 9.95. The summed E-state index contributed by atoms with van der Waals surface area (Å²) in [6, 6.07) is 1.68. The highest BCUT2D eigenvalue weighted by atomic mass is 35.5. The summed E-state index contributed by atoms with van der Waals surface area (Å²) in [5, 5.41) is 12.8. The summed E-state index contributed by atoms with van der Waals surface area (Å²) in [7, 11) is 0. The van der Waals surface area contributed by atoms with Crippen LogP contribution in [0.1, 0.15) is 31.2 Å². The van der Waals surface area contributed by atoms with Gasteiger partial charge in [0.15, 0.2) is 5.82 Å². The molecule has 0 amide bonds. The second kappa shape index (κ2) is 9.50. The minimum absolute atomic E-state index is 0.0847. The van der Waals surface area contributed by atoms with Crippen LogP contribution >= 0.6 is 11.6 Å². The number of piperazine rings is 1. The first-order chi connectivity index (χ1) is 19.5. The maximum Gasteiger partial charge on any atom is 0.418 e. The number of nitrogens with zero attached hydrogens (tertiary/aromatic N) is 5. The topological polar surface area (TPSA) is 86.6 Å². The first kappa shape index (κ1) is 26.8. The van der Waals surface area contributed by atoms with Crippen LogP contribution in [0.4, 0.5) is 27.8 Å². The van der Waals surface area contributed by atoms with Crippen LogP contribution in [0.3, 0.4) is 0 Å². The number of halogens is 6. The Labute approximate surface area is 236 Å². The van der Waals surface area contributed by atoms with E-state index in [9.17, 15) is 22.7 Å². The number of hydrogen-bond acceptors (Lipinski definition) is 8. The number of fused-ring (bicyclic) bond motifs is 4. The van der Waals surface area contributed by atoms with Crippen LogP contribution < -0.4 is 15.0 Å². The lowest BCUT2D eigenvalue weighted by molar-refractivity contribution is -0.137. The van der Waals surface area contributed by atoms with Crippen molar-refractivity contribution in [3.05, 3.63) is 34.7 Å². The molecule has 1 aromatic carbocycles. The van der Waals surface area contributed by atoms with Gasteiger partial charge in [-0.2, -0.15) is 23.1 Å². The number of aromatic nitrogens is 3. The zero-order chi connectivity index (χ0) is 28.7. The normalized spacial score (nSPS) is 27.8. The molecular formula is C27H26ClF5N6O2. The molecule has 4 atom stereocenters. The number of pyridine rings is 1. The molecule has 2 N–H and O–H groups in total. The van der Waals surface area contributed by atoms with Gasteiger partial charge in [-0.15, -0.1) is 0 Å². The van der Waals surface area contributed by atoms with E-state index in [2.05, 4.69) is 25.2 Å². The molecule has 41 heavy (non-hydrogen) atoms. The summed E-state index contributed by atoms with van der Waals surface area (Å²) < 4.78 is 78.5. The summed E-state index contributed by atoms with van der Waals surface area (Å²) in [6.45, 7) is 2.49. The van der Waals surface area contributed by atoms with Gasteiger partial charge in [-0.1, -0.05) is 11.6 Å². The molecule has 4 aliphatic rings. The third-order valence-electron chi connectivity index (χ3n) is 8.82. The Bertz CT molecular complexity index is 1540. The van der Waals surface area contributed by atoms with E-state index in [-0.39, 0.29) is 35.6 Å². The molecular weight excluding hydrogens is 571 g/mol. The second-order valence-corrected chi connectivity index (χ2v) is 11.8. The largest absolute Gasteiger partial charge is 0.508 e. The zero-order valence-corrected chi connectivity index (χ0v) is 22.4. The van der Waals surface area contributed by atoms with Crippen LogP contribution in [0.2, 0.25) is 5.02 Å². The molecule has 14 heteroatoms. The SMILES string of the molecule is Oc1cc(Cl)c(C(F)(F)F)c(-c2ncc3c(N4C[C@H]5C[C@@H]4CN5)nc(OC[C@@]45CCCN4C[C@H](F)C5)nc3c2F)c1. The number of anilines is 1. The Hall–Kier alpha value is -3.03. The molecule has 3 aromatic rings. The molecule has 2 aromatic heterocycles. The first-order valence-corrected chi connectivity index (χ1v) is 13.9. The molecule has 0 spiro atoms. The molecule has 0 saturated carbocycles. The summed E-state index contributed by atoms with van der Waals surface area (Å²) >= 11 is 5.85. The average Bonchev–Trinajstić information content (AvgIpc) is 3.67. The molecule has 4 aliphatic heterocycles. The van der Waals surface area contributed by atoms with Crippen molar-refractivity contribution < 1.29 is 31.8 Å². The predicted octanol–water partition coefficient (Wildman–Crippen LogP) is 4.71. The number of rotatable bonds is 5. The van der Waals surface area contributed by atoms with Gasteiger partial charge in [0.1, 0.15) is 35.6 Å². The highest BCUT2D eigenvalue weighted by Gasteiger charge is 2.49. The zero-order valence-electron chi connectivity index (χ0n) is 21.7. The minimum Gasteiger partial charge on any atom is -0.508 e. The van der Waals surface area contributed by atoms with Gasteiger partial charge in [0, 0.05) is 49.9 Å². The van der Waals surface area contributed by atoms with Crippen molar-refractivity contribution in [2.75, 3.05) is 37.7 Å². The maximum atomic E-state index is 16.2. The molecule has 4 fully saturated rings. The Morgan fingerprint density at radius 3 is 2.78 bits per heavy atom. The number of benzene rings is 1. The third kappa shape index (κ3) is 4.43. The Morgan fingerprint density at radius 1 is 1.22 bits per heavy atom. The summed E-state index contributed by atoms with van der Waals surface area (Å²) in [6.07, 6.45) is -1.84. The van der Waals surface area contributed by atoms with E-state index in [0.29, 0.717) is 31.9 Å². The van der Waals surface area contributed by atoms with Crippen molar-refractivity contribution in [3.8, 4) is 23.0 Å². The Kier molecular flexibility index (Phi) is 6.22. The molecule has 4 saturated heterocycles. The Morgan fingerprint density at radius 2 is 2.05 bits per heavy atom. The number of phenols is 1. The highest BCUT2D eigenvalue weighted by molar-refractivity contribution is 6.32. The molecule has 218 valence electrons. The number of phenolic OH excluding ortho intramolecular Hbond substituents is 1. The van der Waals surface area contributed by atoms with Crippen molar-refractivity contribution >= 4 is 28.3 Å². The number of hydrogen-bond donors (Lipinski definition) is 2. The van der Waals surface area contributed by atoms with Crippen molar-refractivity contribution in [3.63, 3.8) is 0 Å². The van der Waals surface area contributed by atoms with Gasteiger partial charge in [-0.25, -0.2) is 8.78 Å². The molecule has 0 aliphatic carbocycles. The fourth-order valence-electron chi connectivity index (χ4n) is 7.03. The van der Waals surface area contributed by atoms with E-state index in [1.807, 2.05) is 4.90 Å². The first-order valence-electron chi connectivity index (χ1n) is 13.5. The average molecular weight is 597 g/mol. The molecule has 8 nitrogen and oxygen atoms in total. The summed E-state index contributed by atoms with van der Waals surface area (Å²) in [5.41, 5.74) is -3.47. The lowest BCUT2D eigenvalue weighted by Gasteiger charge is -2.32. The number of aromatic hydroxyl groups is 1. The highest BCUT2D eigenvalue weighted by Crippen LogP contribution is 2.45. The fraction of sp³-hybridized carbons (Fsp3) is 0.519. The van der Waals surface area contributed by atoms with Crippen LogP contribution in [-0.4, -0.2) is 81.5 Å². The quantitative estimate of drug-likeness (QED) is 0.410. The standard InChI is InChI=1S/C27H26ClF5N6O2/c28-19-6-16(40)5-17(20(19)27(31,32)33)22-21(30)23-18(9-35-22)24(39-11-14-4-15(39)8-34-14)37-25(36-23)41-12-26-2-1-3-38(26)10-13(29)7-26/h5-6,9,13-15,34,40H,1-4,7-8,10-12H2/t13-,14-,15-,26+/m1/s1. The predicted molar refractivity (Wildman–Crippen MR) is 140 cm³/mol. The van der Waals surface area contributed by atoms with Crippen LogP contribution in [0.5, 0.6) is 11.8 Å². The summed E-state index contributed by atoms with van der Waals surface area (Å²) in [5.74, 6) is -1.33. The van der Waals surface area contributed by atoms with E-state index >= 15 is 4.39 Å². The van der Waals surface area contributed by atoms with E-state index in [1.54, 1.807) is 0 Å². The van der Waals surface area contributed by atoms with Crippen LogP contribution in [0.25, 0.3) is 22.2 Å². The fourth-order valence-corrected chi connectivity index (χ4v) is 7.35. The lowest BCUT2D eigenvalue weighted by Crippen LogP contribution is -2.44. The molecule has 7 rings (SSSR count).